The predicted molar refractivity (Wildman–Crippen MR) is 64.4 cm³/mol. The number of hydrogen-bond acceptors (Lipinski definition) is 4. The van der Waals surface area contributed by atoms with Crippen LogP contribution >= 0.6 is 0 Å². The van der Waals surface area contributed by atoms with Crippen LogP contribution < -0.4 is 4.74 Å². The van der Waals surface area contributed by atoms with Gasteiger partial charge in [0.2, 0.25) is 17.4 Å². The molecule has 1 aromatic carbocycles. The van der Waals surface area contributed by atoms with Gasteiger partial charge < -0.3 is 4.74 Å². The van der Waals surface area contributed by atoms with Gasteiger partial charge >= 0.3 is 16.1 Å². The molecule has 0 unspecified atom stereocenters. The van der Waals surface area contributed by atoms with Crippen molar-refractivity contribution in [3.8, 4) is 18.1 Å². The third-order valence-corrected chi connectivity index (χ3v) is 3.23. The molecule has 10 heteroatoms. The van der Waals surface area contributed by atoms with E-state index in [-0.39, 0.29) is 19.3 Å². The van der Waals surface area contributed by atoms with Gasteiger partial charge in [0.15, 0.2) is 16.5 Å². The molecule has 120 valence electrons. The van der Waals surface area contributed by atoms with Crippen LogP contribution in [0.5, 0.6) is 5.75 Å². The van der Waals surface area contributed by atoms with Crippen LogP contribution in [0.3, 0.4) is 0 Å². The number of unbranched alkanes of at least 4 members (excludes halogenated alkanes) is 1. The van der Waals surface area contributed by atoms with Gasteiger partial charge in [-0.1, -0.05) is 0 Å². The Hall–Kier alpha value is -2.12. The SMILES string of the molecule is C#CCCCC(=O)Oc1c(F)c(F)c(S(=O)(=O)O)c(F)c1F. The monoisotopic (exact) mass is 340 g/mol. The number of terminal acetylenes is 1. The summed E-state index contributed by atoms with van der Waals surface area (Å²) in [7, 11) is -5.56. The third-order valence-electron chi connectivity index (χ3n) is 2.36. The standard InChI is InChI=1S/C12H8F4O5S/c1-2-3-4-5-6(17)21-11-7(13)9(15)12(22(18,19)20)10(16)8(11)14/h1H,3-5H2,(H,18,19,20). The maximum absolute atomic E-state index is 13.5. The molecule has 0 amide bonds. The van der Waals surface area contributed by atoms with Crippen LogP contribution in [0.4, 0.5) is 17.6 Å². The summed E-state index contributed by atoms with van der Waals surface area (Å²) >= 11 is 0. The summed E-state index contributed by atoms with van der Waals surface area (Å²) < 4.78 is 88.0. The molecule has 0 bridgehead atoms. The minimum absolute atomic E-state index is 0.104. The third kappa shape index (κ3) is 3.75. The van der Waals surface area contributed by atoms with Crippen molar-refractivity contribution in [1.29, 1.82) is 0 Å². The molecule has 22 heavy (non-hydrogen) atoms. The molecule has 0 saturated heterocycles. The molecule has 1 rings (SSSR count). The van der Waals surface area contributed by atoms with Crippen LogP contribution in [0.2, 0.25) is 0 Å². The second kappa shape index (κ2) is 6.76. The molecule has 0 aliphatic heterocycles. The van der Waals surface area contributed by atoms with Crippen molar-refractivity contribution < 1.29 is 40.1 Å². The van der Waals surface area contributed by atoms with Crippen LogP contribution in [-0.4, -0.2) is 18.9 Å². The lowest BCUT2D eigenvalue weighted by Crippen LogP contribution is -2.15. The molecule has 0 saturated carbocycles. The van der Waals surface area contributed by atoms with Crippen LogP contribution in [0.25, 0.3) is 0 Å². The highest BCUT2D eigenvalue weighted by atomic mass is 32.2. The van der Waals surface area contributed by atoms with E-state index in [1.807, 2.05) is 0 Å². The van der Waals surface area contributed by atoms with Crippen molar-refractivity contribution in [3.63, 3.8) is 0 Å². The first-order chi connectivity index (χ1) is 10.1. The molecule has 0 fully saturated rings. The number of rotatable bonds is 5. The number of halogens is 4. The number of benzene rings is 1. The van der Waals surface area contributed by atoms with Gasteiger partial charge in [0.1, 0.15) is 0 Å². The molecule has 0 spiro atoms. The highest BCUT2D eigenvalue weighted by Crippen LogP contribution is 2.32. The fraction of sp³-hybridized carbons (Fsp3) is 0.250. The fourth-order valence-electron chi connectivity index (χ4n) is 1.41. The lowest BCUT2D eigenvalue weighted by atomic mass is 10.2. The molecule has 0 radical (unpaired) electrons. The Morgan fingerprint density at radius 3 is 2.05 bits per heavy atom. The summed E-state index contributed by atoms with van der Waals surface area (Å²) in [5, 5.41) is 0. The summed E-state index contributed by atoms with van der Waals surface area (Å²) in [5.41, 5.74) is 0. The van der Waals surface area contributed by atoms with E-state index in [9.17, 15) is 30.8 Å². The van der Waals surface area contributed by atoms with Gasteiger partial charge in [-0.05, 0) is 6.42 Å². The molecule has 1 N–H and O–H groups in total. The topological polar surface area (TPSA) is 80.7 Å². The Balaban J connectivity index is 3.25. The van der Waals surface area contributed by atoms with E-state index >= 15 is 0 Å². The van der Waals surface area contributed by atoms with Crippen LogP contribution in [-0.2, 0) is 14.9 Å². The highest BCUT2D eigenvalue weighted by Gasteiger charge is 2.33. The Bertz CT molecular complexity index is 723. The van der Waals surface area contributed by atoms with Crippen LogP contribution in [0.15, 0.2) is 4.90 Å². The van der Waals surface area contributed by atoms with Gasteiger partial charge in [0.05, 0.1) is 0 Å². The summed E-state index contributed by atoms with van der Waals surface area (Å²) in [6.45, 7) is 0. The first-order valence-electron chi connectivity index (χ1n) is 5.58. The summed E-state index contributed by atoms with van der Waals surface area (Å²) in [4.78, 5) is 9.05. The predicted octanol–water partition coefficient (Wildman–Crippen LogP) is 2.20. The number of carbonyl (C=O) groups is 1. The minimum Gasteiger partial charge on any atom is -0.420 e. The second-order valence-corrected chi connectivity index (χ2v) is 5.28. The van der Waals surface area contributed by atoms with E-state index in [4.69, 9.17) is 11.0 Å². The number of esters is 1. The Labute approximate surface area is 122 Å². The van der Waals surface area contributed by atoms with Crippen molar-refractivity contribution in [2.75, 3.05) is 0 Å². The van der Waals surface area contributed by atoms with E-state index < -0.39 is 50.0 Å². The first-order valence-corrected chi connectivity index (χ1v) is 7.02. The van der Waals surface area contributed by atoms with Gasteiger partial charge in [-0.25, -0.2) is 8.78 Å². The molecule has 0 aliphatic carbocycles. The maximum atomic E-state index is 13.5. The van der Waals surface area contributed by atoms with E-state index in [0.717, 1.165) is 0 Å². The average molecular weight is 340 g/mol. The fourth-order valence-corrected chi connectivity index (χ4v) is 2.04. The summed E-state index contributed by atoms with van der Waals surface area (Å²) in [6, 6.07) is 0. The van der Waals surface area contributed by atoms with Crippen molar-refractivity contribution >= 4 is 16.1 Å². The molecule has 0 aliphatic rings. The van der Waals surface area contributed by atoms with Crippen molar-refractivity contribution in [1.82, 2.24) is 0 Å². The molecule has 0 atom stereocenters. The summed E-state index contributed by atoms with van der Waals surface area (Å²) in [6.07, 6.45) is 4.79. The highest BCUT2D eigenvalue weighted by molar-refractivity contribution is 7.85. The van der Waals surface area contributed by atoms with Gasteiger partial charge in [-0.3, -0.25) is 9.35 Å². The zero-order valence-electron chi connectivity index (χ0n) is 10.7. The van der Waals surface area contributed by atoms with Gasteiger partial charge in [-0.15, -0.1) is 12.3 Å². The second-order valence-electron chi connectivity index (χ2n) is 3.92. The van der Waals surface area contributed by atoms with Crippen molar-refractivity contribution in [2.24, 2.45) is 0 Å². The zero-order chi connectivity index (χ0) is 17.1. The Morgan fingerprint density at radius 2 is 1.64 bits per heavy atom. The van der Waals surface area contributed by atoms with Crippen LogP contribution in [0, 0.1) is 35.6 Å². The molecule has 1 aromatic rings. The largest absolute Gasteiger partial charge is 0.420 e. The number of hydrogen-bond donors (Lipinski definition) is 1. The number of ether oxygens (including phenoxy) is 1. The average Bonchev–Trinajstić information content (AvgIpc) is 2.40. The summed E-state index contributed by atoms with van der Waals surface area (Å²) in [5.74, 6) is -10.1. The van der Waals surface area contributed by atoms with Crippen molar-refractivity contribution in [2.45, 2.75) is 24.2 Å². The van der Waals surface area contributed by atoms with E-state index in [2.05, 4.69) is 10.7 Å². The maximum Gasteiger partial charge on any atom is 0.311 e. The Morgan fingerprint density at radius 1 is 1.14 bits per heavy atom. The number of carbonyl (C=O) groups excluding carboxylic acids is 1. The van der Waals surface area contributed by atoms with Gasteiger partial charge in [0.25, 0.3) is 0 Å². The molecular formula is C12H8F4O5S. The van der Waals surface area contributed by atoms with E-state index in [1.165, 1.54) is 0 Å². The lowest BCUT2D eigenvalue weighted by molar-refractivity contribution is -0.134. The lowest BCUT2D eigenvalue weighted by Gasteiger charge is -2.10. The van der Waals surface area contributed by atoms with Crippen LogP contribution in [0.1, 0.15) is 19.3 Å². The van der Waals surface area contributed by atoms with Crippen molar-refractivity contribution in [3.05, 3.63) is 23.3 Å². The molecule has 0 aromatic heterocycles. The quantitative estimate of drug-likeness (QED) is 0.169. The normalized spacial score (nSPS) is 11.1. The van der Waals surface area contributed by atoms with E-state index in [1.54, 1.807) is 0 Å². The zero-order valence-corrected chi connectivity index (χ0v) is 11.5. The molecule has 5 nitrogen and oxygen atoms in total. The van der Waals surface area contributed by atoms with E-state index in [0.29, 0.717) is 0 Å². The smallest absolute Gasteiger partial charge is 0.311 e. The first kappa shape index (κ1) is 17.9. The Kier molecular flexibility index (Phi) is 5.51. The molecule has 0 heterocycles. The van der Waals surface area contributed by atoms with Gasteiger partial charge in [0, 0.05) is 12.8 Å². The van der Waals surface area contributed by atoms with Gasteiger partial charge in [-0.2, -0.15) is 17.2 Å². The minimum atomic E-state index is -5.56. The molecular weight excluding hydrogens is 332 g/mol.